The summed E-state index contributed by atoms with van der Waals surface area (Å²) in [4.78, 5) is 28.9. The number of nitrogens with zero attached hydrogens (tertiary/aromatic N) is 1. The Hall–Kier alpha value is -2.55. The smallest absolute Gasteiger partial charge is 0.252 e. The lowest BCUT2D eigenvalue weighted by Crippen LogP contribution is -2.57. The summed E-state index contributed by atoms with van der Waals surface area (Å²) in [6.45, 7) is 8.40. The SMILES string of the molecule is Cc1c(O)cccc1C(=O)N[C@@H](Cc1ccccc1)[C@@H](O)CN1CSC(C)(C)[C@H]1C(=O)NC1CCC(C)CC1. The van der Waals surface area contributed by atoms with Gasteiger partial charge in [-0.15, -0.1) is 11.8 Å². The minimum Gasteiger partial charge on any atom is -0.508 e. The molecule has 3 atom stereocenters. The van der Waals surface area contributed by atoms with E-state index in [9.17, 15) is 19.8 Å². The summed E-state index contributed by atoms with van der Waals surface area (Å²) < 4.78 is -0.303. The maximum atomic E-state index is 13.6. The monoisotopic (exact) mass is 553 g/mol. The standard InChI is InChI=1S/C31H43N3O4S/c1-20-13-15-23(16-14-20)32-30(38)28-31(3,4)39-19-34(28)18-27(36)25(17-22-9-6-5-7-10-22)33-29(37)24-11-8-12-26(35)21(24)2/h5-12,20,23,25,27-28,35-36H,13-19H2,1-4H3,(H,32,38)(H,33,37)/t20?,23?,25-,27-,28+/m0/s1. The minimum atomic E-state index is -0.910. The van der Waals surface area contributed by atoms with Gasteiger partial charge in [0.1, 0.15) is 11.8 Å². The van der Waals surface area contributed by atoms with E-state index in [1.165, 1.54) is 0 Å². The molecule has 1 heterocycles. The van der Waals surface area contributed by atoms with Crippen LogP contribution in [-0.2, 0) is 11.2 Å². The molecule has 0 spiro atoms. The number of carbonyl (C=O) groups is 2. The van der Waals surface area contributed by atoms with Crippen molar-refractivity contribution in [3.05, 3.63) is 65.2 Å². The number of nitrogens with one attached hydrogen (secondary N) is 2. The van der Waals surface area contributed by atoms with Crippen molar-refractivity contribution in [2.24, 2.45) is 5.92 Å². The van der Waals surface area contributed by atoms with Crippen molar-refractivity contribution >= 4 is 23.6 Å². The predicted octanol–water partition coefficient (Wildman–Crippen LogP) is 4.25. The molecular formula is C31H43N3O4S. The number of rotatable bonds is 9. The summed E-state index contributed by atoms with van der Waals surface area (Å²) >= 11 is 1.72. The number of amides is 2. The summed E-state index contributed by atoms with van der Waals surface area (Å²) in [6, 6.07) is 13.9. The molecule has 2 aromatic carbocycles. The molecular weight excluding hydrogens is 510 g/mol. The zero-order valence-corrected chi connectivity index (χ0v) is 24.3. The first kappa shape index (κ1) is 29.4. The number of hydrogen-bond donors (Lipinski definition) is 4. The van der Waals surface area contributed by atoms with Crippen LogP contribution in [-0.4, -0.2) is 68.3 Å². The summed E-state index contributed by atoms with van der Waals surface area (Å²) in [5, 5.41) is 28.0. The van der Waals surface area contributed by atoms with Gasteiger partial charge >= 0.3 is 0 Å². The van der Waals surface area contributed by atoms with Gasteiger partial charge in [0.15, 0.2) is 0 Å². The maximum Gasteiger partial charge on any atom is 0.252 e. The van der Waals surface area contributed by atoms with Crippen LogP contribution < -0.4 is 10.6 Å². The van der Waals surface area contributed by atoms with Crippen LogP contribution in [0.1, 0.15) is 67.9 Å². The molecule has 2 amide bonds. The first-order chi connectivity index (χ1) is 18.5. The second-order valence-electron chi connectivity index (χ2n) is 11.8. The minimum absolute atomic E-state index is 0.0239. The van der Waals surface area contributed by atoms with E-state index in [0.29, 0.717) is 29.3 Å². The van der Waals surface area contributed by atoms with Gasteiger partial charge in [0.05, 0.1) is 12.1 Å². The normalized spacial score (nSPS) is 24.6. The van der Waals surface area contributed by atoms with Gasteiger partial charge in [-0.3, -0.25) is 14.5 Å². The Kier molecular flexibility index (Phi) is 9.62. The summed E-state index contributed by atoms with van der Waals surface area (Å²) in [5.74, 6) is 1.07. The largest absolute Gasteiger partial charge is 0.508 e. The van der Waals surface area contributed by atoms with Crippen LogP contribution in [0.2, 0.25) is 0 Å². The van der Waals surface area contributed by atoms with Gasteiger partial charge in [-0.05, 0) is 76.5 Å². The predicted molar refractivity (Wildman–Crippen MR) is 157 cm³/mol. The Morgan fingerprint density at radius 3 is 2.46 bits per heavy atom. The van der Waals surface area contributed by atoms with E-state index in [4.69, 9.17) is 0 Å². The molecule has 0 radical (unpaired) electrons. The van der Waals surface area contributed by atoms with Gasteiger partial charge in [-0.25, -0.2) is 0 Å². The number of carbonyl (C=O) groups excluding carboxylic acids is 2. The zero-order valence-electron chi connectivity index (χ0n) is 23.5. The highest BCUT2D eigenvalue weighted by Gasteiger charge is 2.47. The molecule has 2 aliphatic rings. The molecule has 39 heavy (non-hydrogen) atoms. The molecule has 1 aliphatic carbocycles. The molecule has 4 N–H and O–H groups in total. The Morgan fingerprint density at radius 2 is 1.77 bits per heavy atom. The second-order valence-corrected chi connectivity index (χ2v) is 13.4. The molecule has 4 rings (SSSR count). The molecule has 7 nitrogen and oxygen atoms in total. The van der Waals surface area contributed by atoms with Crippen LogP contribution >= 0.6 is 11.8 Å². The van der Waals surface area contributed by atoms with Gasteiger partial charge in [-0.1, -0.05) is 43.3 Å². The van der Waals surface area contributed by atoms with Crippen LogP contribution in [0.5, 0.6) is 5.75 Å². The van der Waals surface area contributed by atoms with Crippen molar-refractivity contribution < 1.29 is 19.8 Å². The van der Waals surface area contributed by atoms with E-state index in [2.05, 4.69) is 36.3 Å². The fourth-order valence-electron chi connectivity index (χ4n) is 5.80. The quantitative estimate of drug-likeness (QED) is 0.370. The summed E-state index contributed by atoms with van der Waals surface area (Å²) in [7, 11) is 0. The molecule has 1 saturated carbocycles. The van der Waals surface area contributed by atoms with E-state index < -0.39 is 12.1 Å². The number of benzene rings is 2. The highest BCUT2D eigenvalue weighted by atomic mass is 32.2. The molecule has 2 aromatic rings. The Labute approximate surface area is 236 Å². The number of β-amino-alcohol motifs (C(OH)–C–C–N with tert-alkyl or cyclic N) is 1. The average Bonchev–Trinajstić information content (AvgIpc) is 3.20. The first-order valence-electron chi connectivity index (χ1n) is 14.0. The summed E-state index contributed by atoms with van der Waals surface area (Å²) in [6.07, 6.45) is 3.82. The van der Waals surface area contributed by atoms with E-state index in [0.717, 1.165) is 31.2 Å². The van der Waals surface area contributed by atoms with E-state index in [-0.39, 0.29) is 40.9 Å². The first-order valence-corrected chi connectivity index (χ1v) is 15.0. The van der Waals surface area contributed by atoms with Crippen LogP contribution in [0.25, 0.3) is 0 Å². The molecule has 2 fully saturated rings. The van der Waals surface area contributed by atoms with E-state index in [1.807, 2.05) is 30.3 Å². The fraction of sp³-hybridized carbons (Fsp3) is 0.548. The van der Waals surface area contributed by atoms with E-state index in [1.54, 1.807) is 36.9 Å². The van der Waals surface area contributed by atoms with Crippen LogP contribution in [0.15, 0.2) is 48.5 Å². The lowest BCUT2D eigenvalue weighted by atomic mass is 9.87. The Morgan fingerprint density at radius 1 is 1.08 bits per heavy atom. The molecule has 0 unspecified atom stereocenters. The maximum absolute atomic E-state index is 13.6. The van der Waals surface area contributed by atoms with Gasteiger partial charge in [0.2, 0.25) is 5.91 Å². The highest BCUT2D eigenvalue weighted by Crippen LogP contribution is 2.40. The summed E-state index contributed by atoms with van der Waals surface area (Å²) in [5.41, 5.74) is 1.86. The molecule has 212 valence electrons. The topological polar surface area (TPSA) is 102 Å². The zero-order chi connectivity index (χ0) is 28.2. The lowest BCUT2D eigenvalue weighted by Gasteiger charge is -2.35. The number of phenolic OH excluding ortho intramolecular Hbond substituents is 1. The molecule has 1 saturated heterocycles. The number of aliphatic hydroxyl groups is 1. The van der Waals surface area contributed by atoms with Crippen molar-refractivity contribution in [3.63, 3.8) is 0 Å². The van der Waals surface area contributed by atoms with Gasteiger partial charge in [0, 0.05) is 34.3 Å². The third kappa shape index (κ3) is 7.35. The third-order valence-electron chi connectivity index (χ3n) is 8.29. The van der Waals surface area contributed by atoms with Crippen LogP contribution in [0.4, 0.5) is 0 Å². The van der Waals surface area contributed by atoms with Crippen molar-refractivity contribution in [1.29, 1.82) is 0 Å². The second kappa shape index (κ2) is 12.7. The van der Waals surface area contributed by atoms with Crippen LogP contribution in [0, 0.1) is 12.8 Å². The van der Waals surface area contributed by atoms with Crippen molar-refractivity contribution in [3.8, 4) is 5.75 Å². The lowest BCUT2D eigenvalue weighted by molar-refractivity contribution is -0.128. The number of phenols is 1. The van der Waals surface area contributed by atoms with Gasteiger partial charge in [0.25, 0.3) is 5.91 Å². The van der Waals surface area contributed by atoms with Crippen molar-refractivity contribution in [2.45, 2.75) is 88.8 Å². The number of thioether (sulfide) groups is 1. The van der Waals surface area contributed by atoms with Gasteiger partial charge in [-0.2, -0.15) is 0 Å². The fourth-order valence-corrected chi connectivity index (χ4v) is 6.97. The Bertz CT molecular complexity index is 1130. The molecule has 1 aliphatic heterocycles. The van der Waals surface area contributed by atoms with Crippen molar-refractivity contribution in [1.82, 2.24) is 15.5 Å². The number of aromatic hydroxyl groups is 1. The third-order valence-corrected chi connectivity index (χ3v) is 9.72. The number of hydrogen-bond acceptors (Lipinski definition) is 6. The van der Waals surface area contributed by atoms with E-state index >= 15 is 0 Å². The molecule has 8 heteroatoms. The molecule has 0 bridgehead atoms. The number of aliphatic hydroxyl groups excluding tert-OH is 1. The van der Waals surface area contributed by atoms with Crippen LogP contribution in [0.3, 0.4) is 0 Å². The molecule has 0 aromatic heterocycles. The average molecular weight is 554 g/mol. The Balaban J connectivity index is 1.49. The highest BCUT2D eigenvalue weighted by molar-refractivity contribution is 8.00. The van der Waals surface area contributed by atoms with Crippen molar-refractivity contribution in [2.75, 3.05) is 12.4 Å². The van der Waals surface area contributed by atoms with Gasteiger partial charge < -0.3 is 20.8 Å².